The lowest BCUT2D eigenvalue weighted by molar-refractivity contribution is -0.160. The number of allylic oxidation sites excluding steroid dienone is 2. The number of fused-ring (bicyclic) bond motifs is 14. The van der Waals surface area contributed by atoms with Gasteiger partial charge in [0.15, 0.2) is 5.75 Å². The molecule has 0 aromatic heterocycles. The molecule has 5 bridgehead atoms. The third-order valence-electron chi connectivity index (χ3n) is 14.3. The standard InChI is InChI=1S/C53H77N3O12/c1-30-23-22-24-31(2)52(64)55-43-38(29-54-56-37-25-20-18-16-14-12-10-11-13-15-17-19-21-26-37)47(61)40-41(48(43)62)46(60)35(6)50-42(40)51(63)53(8,68-50)66-28-27-39(65-9)32(3)49(67-36(7)57)34(5)45(59)33(4)44(30)58/h22-24,27-30,32-34,37,39,44-45,49,56,58-62H,10-21,25-26H2,1-9H3,(H,55,64)/b23-22+,28-27+,31-24-,54-29+. The van der Waals surface area contributed by atoms with Crippen LogP contribution in [0.1, 0.15) is 160 Å². The topological polar surface area (TPSA) is 226 Å². The molecular formula is C53H77N3O12. The lowest BCUT2D eigenvalue weighted by atomic mass is 9.78. The molecule has 0 spiro atoms. The van der Waals surface area contributed by atoms with Crippen LogP contribution in [0.3, 0.4) is 0 Å². The van der Waals surface area contributed by atoms with E-state index in [0.717, 1.165) is 38.5 Å². The number of rotatable bonds is 5. The molecule has 4 aliphatic rings. The molecule has 1 saturated carbocycles. The molecule has 1 fully saturated rings. The number of carbonyl (C=O) groups is 3. The van der Waals surface area contributed by atoms with Gasteiger partial charge in [0, 0.05) is 67.2 Å². The van der Waals surface area contributed by atoms with E-state index in [2.05, 4.69) is 15.8 Å². The summed E-state index contributed by atoms with van der Waals surface area (Å²) in [4.78, 5) is 41.0. The first-order valence-corrected chi connectivity index (χ1v) is 24.7. The number of benzene rings is 2. The second kappa shape index (κ2) is 24.4. The Hall–Kier alpha value is -5.12. The minimum absolute atomic E-state index is 0.0252. The van der Waals surface area contributed by atoms with Crippen LogP contribution >= 0.6 is 0 Å². The zero-order valence-electron chi connectivity index (χ0n) is 41.6. The number of anilines is 1. The summed E-state index contributed by atoms with van der Waals surface area (Å²) >= 11 is 0. The molecule has 1 amide bonds. The average Bonchev–Trinajstić information content (AvgIpc) is 3.56. The highest BCUT2D eigenvalue weighted by molar-refractivity contribution is 6.23. The quantitative estimate of drug-likeness (QED) is 0.0488. The minimum atomic E-state index is -2.05. The van der Waals surface area contributed by atoms with Gasteiger partial charge in [-0.1, -0.05) is 123 Å². The van der Waals surface area contributed by atoms with Crippen LogP contribution in [0.2, 0.25) is 0 Å². The monoisotopic (exact) mass is 948 g/mol. The molecule has 7 N–H and O–H groups in total. The fourth-order valence-corrected chi connectivity index (χ4v) is 9.90. The largest absolute Gasteiger partial charge is 0.507 e. The van der Waals surface area contributed by atoms with Gasteiger partial charge in [-0.2, -0.15) is 5.10 Å². The number of phenolic OH excluding ortho intramolecular Hbond substituents is 3. The van der Waals surface area contributed by atoms with Crippen molar-refractivity contribution in [2.24, 2.45) is 28.8 Å². The number of phenols is 3. The van der Waals surface area contributed by atoms with Crippen LogP contribution in [0.4, 0.5) is 5.69 Å². The number of carbonyl (C=O) groups excluding carboxylic acids is 3. The Kier molecular flexibility index (Phi) is 19.3. The predicted octanol–water partition coefficient (Wildman–Crippen LogP) is 9.52. The van der Waals surface area contributed by atoms with Crippen molar-refractivity contribution >= 4 is 40.3 Å². The van der Waals surface area contributed by atoms with Crippen LogP contribution in [0, 0.1) is 30.6 Å². The van der Waals surface area contributed by atoms with Gasteiger partial charge < -0.3 is 55.2 Å². The van der Waals surface area contributed by atoms with E-state index in [1.165, 1.54) is 104 Å². The zero-order valence-corrected chi connectivity index (χ0v) is 41.6. The smallest absolute Gasteiger partial charge is 0.312 e. The summed E-state index contributed by atoms with van der Waals surface area (Å²) < 4.78 is 23.8. The maximum atomic E-state index is 14.6. The van der Waals surface area contributed by atoms with Crippen molar-refractivity contribution in [3.8, 4) is 23.0 Å². The second-order valence-electron chi connectivity index (χ2n) is 19.5. The van der Waals surface area contributed by atoms with Crippen LogP contribution in [0.5, 0.6) is 23.0 Å². The van der Waals surface area contributed by atoms with Crippen molar-refractivity contribution in [2.45, 2.75) is 182 Å². The summed E-state index contributed by atoms with van der Waals surface area (Å²) in [5.74, 6) is -8.30. The number of ketones is 1. The third-order valence-corrected chi connectivity index (χ3v) is 14.3. The number of nitrogens with zero attached hydrogens (tertiary/aromatic N) is 1. The number of hydrogen-bond donors (Lipinski definition) is 7. The summed E-state index contributed by atoms with van der Waals surface area (Å²) in [7, 11) is 1.45. The maximum Gasteiger partial charge on any atom is 0.312 e. The summed E-state index contributed by atoms with van der Waals surface area (Å²) in [5, 5.41) is 66.0. The molecule has 376 valence electrons. The van der Waals surface area contributed by atoms with E-state index in [0.29, 0.717) is 0 Å². The molecule has 15 heteroatoms. The first-order chi connectivity index (χ1) is 32.3. The van der Waals surface area contributed by atoms with Crippen molar-refractivity contribution in [1.29, 1.82) is 0 Å². The van der Waals surface area contributed by atoms with Crippen molar-refractivity contribution in [1.82, 2.24) is 5.43 Å². The van der Waals surface area contributed by atoms with E-state index in [4.69, 9.17) is 18.9 Å². The van der Waals surface area contributed by atoms with Crippen LogP contribution in [0.25, 0.3) is 10.8 Å². The first-order valence-electron chi connectivity index (χ1n) is 24.7. The number of hydrazone groups is 1. The average molecular weight is 948 g/mol. The Labute approximate surface area is 402 Å². The predicted molar refractivity (Wildman–Crippen MR) is 263 cm³/mol. The van der Waals surface area contributed by atoms with E-state index in [9.17, 15) is 39.9 Å². The molecule has 2 aromatic rings. The summed E-state index contributed by atoms with van der Waals surface area (Å²) in [6.07, 6.45) is 21.0. The fourth-order valence-electron chi connectivity index (χ4n) is 9.90. The van der Waals surface area contributed by atoms with Gasteiger partial charge in [-0.3, -0.25) is 14.4 Å². The van der Waals surface area contributed by atoms with Gasteiger partial charge in [-0.05, 0) is 32.8 Å². The lowest BCUT2D eigenvalue weighted by Crippen LogP contribution is -2.46. The molecule has 9 unspecified atom stereocenters. The Morgan fingerprint density at radius 1 is 0.824 bits per heavy atom. The molecule has 2 aromatic carbocycles. The number of amides is 1. The Morgan fingerprint density at radius 3 is 1.99 bits per heavy atom. The van der Waals surface area contributed by atoms with E-state index in [-0.39, 0.29) is 50.5 Å². The molecule has 3 aliphatic heterocycles. The molecule has 0 saturated heterocycles. The molecule has 1 aliphatic carbocycles. The normalized spacial score (nSPS) is 30.9. The van der Waals surface area contributed by atoms with Gasteiger partial charge >= 0.3 is 11.8 Å². The maximum absolute atomic E-state index is 14.6. The third kappa shape index (κ3) is 12.6. The van der Waals surface area contributed by atoms with Gasteiger partial charge in [-0.25, -0.2) is 0 Å². The number of aliphatic hydroxyl groups is 2. The second-order valence-corrected chi connectivity index (χ2v) is 19.5. The molecular weight excluding hydrogens is 871 g/mol. The van der Waals surface area contributed by atoms with Gasteiger partial charge in [0.2, 0.25) is 0 Å². The van der Waals surface area contributed by atoms with Crippen molar-refractivity contribution in [3.63, 3.8) is 0 Å². The van der Waals surface area contributed by atoms with Crippen LogP contribution < -0.4 is 15.5 Å². The van der Waals surface area contributed by atoms with Crippen LogP contribution in [-0.2, 0) is 23.8 Å². The number of hydrogen-bond acceptors (Lipinski definition) is 14. The zero-order chi connectivity index (χ0) is 49.9. The van der Waals surface area contributed by atoms with E-state index < -0.39 is 88.8 Å². The van der Waals surface area contributed by atoms with Crippen molar-refractivity contribution in [2.75, 3.05) is 12.4 Å². The number of methoxy groups -OCH3 is 1. The Bertz CT molecular complexity index is 2200. The molecule has 0 radical (unpaired) electrons. The van der Waals surface area contributed by atoms with E-state index in [1.807, 2.05) is 0 Å². The highest BCUT2D eigenvalue weighted by Crippen LogP contribution is 2.55. The number of esters is 1. The highest BCUT2D eigenvalue weighted by atomic mass is 16.7. The SMILES string of the molecule is COC1/C=C/OC2(C)Oc3c(C)c(O)c4c(O)c(c(/C=N/NC5CCCCCCCCCCCCCC5)c(O)c4c3C2=O)NC(=O)/C(C)=C\C=C\C(C)C(O)C(C)C(O)C(C)C(OC(C)=O)C1C. The molecule has 6 rings (SSSR count). The lowest BCUT2D eigenvalue weighted by Gasteiger charge is -2.38. The number of aromatic hydroxyl groups is 3. The van der Waals surface area contributed by atoms with Crippen LogP contribution in [0.15, 0.2) is 41.2 Å². The van der Waals surface area contributed by atoms with Gasteiger partial charge in [0.1, 0.15) is 23.4 Å². The van der Waals surface area contributed by atoms with Gasteiger partial charge in [-0.15, -0.1) is 0 Å². The highest BCUT2D eigenvalue weighted by Gasteiger charge is 2.50. The van der Waals surface area contributed by atoms with Crippen molar-refractivity contribution < 1.29 is 58.9 Å². The Balaban J connectivity index is 1.63. The van der Waals surface area contributed by atoms with Crippen LogP contribution in [-0.4, -0.2) is 92.8 Å². The summed E-state index contributed by atoms with van der Waals surface area (Å²) in [6, 6.07) is 0.0252. The van der Waals surface area contributed by atoms with Gasteiger partial charge in [0.25, 0.3) is 11.7 Å². The van der Waals surface area contributed by atoms with Gasteiger partial charge in [0.05, 0.1) is 53.0 Å². The fraction of sp³-hybridized carbons (Fsp3) is 0.623. The van der Waals surface area contributed by atoms with E-state index >= 15 is 0 Å². The number of aliphatic hydroxyl groups excluding tert-OH is 2. The minimum Gasteiger partial charge on any atom is -0.507 e. The van der Waals surface area contributed by atoms with Crippen molar-refractivity contribution in [3.05, 3.63) is 52.8 Å². The number of nitrogens with one attached hydrogen (secondary N) is 2. The first kappa shape index (κ1) is 53.8. The molecule has 15 nitrogen and oxygen atoms in total. The number of ether oxygens (including phenoxy) is 4. The molecule has 68 heavy (non-hydrogen) atoms. The summed E-state index contributed by atoms with van der Waals surface area (Å²) in [6.45, 7) is 12.6. The molecule has 9 atom stereocenters. The summed E-state index contributed by atoms with van der Waals surface area (Å²) in [5.41, 5.74) is 2.98. The van der Waals surface area contributed by atoms with E-state index in [1.54, 1.807) is 46.8 Å². The molecule has 3 heterocycles. The number of Topliss-reactive ketones (excluding diaryl/α,β-unsaturated/α-hetero) is 1. The Morgan fingerprint density at radius 2 is 1.41 bits per heavy atom.